The number of fused-ring (bicyclic) bond motifs is 1. The van der Waals surface area contributed by atoms with Crippen molar-refractivity contribution in [1.29, 1.82) is 0 Å². The van der Waals surface area contributed by atoms with Gasteiger partial charge in [-0.3, -0.25) is 4.98 Å². The van der Waals surface area contributed by atoms with Gasteiger partial charge in [0.25, 0.3) is 5.62 Å². The highest BCUT2D eigenvalue weighted by Crippen LogP contribution is 2.22. The van der Waals surface area contributed by atoms with Crippen molar-refractivity contribution < 1.29 is 9.50 Å². The van der Waals surface area contributed by atoms with Crippen molar-refractivity contribution in [3.63, 3.8) is 0 Å². The second-order valence-corrected chi connectivity index (χ2v) is 7.17. The Balaban J connectivity index is 1.68. The number of hydrogen-bond acceptors (Lipinski definition) is 7. The van der Waals surface area contributed by atoms with E-state index in [1.807, 2.05) is 4.90 Å². The molecule has 0 unspecified atom stereocenters. The van der Waals surface area contributed by atoms with Gasteiger partial charge in [-0.2, -0.15) is 19.6 Å². The minimum atomic E-state index is -0.789. The SMILES string of the molecule is O=c1[nH]c(O)c(/C=c2\cnn3c(=NC4CC4)nc(N4CCC(F)CC4)nc23)[nH]1. The van der Waals surface area contributed by atoms with Gasteiger partial charge in [0.05, 0.1) is 12.2 Å². The highest BCUT2D eigenvalue weighted by Gasteiger charge is 2.23. The second-order valence-electron chi connectivity index (χ2n) is 7.17. The van der Waals surface area contributed by atoms with Gasteiger partial charge in [-0.05, 0) is 31.8 Å². The molecule has 0 aromatic carbocycles. The van der Waals surface area contributed by atoms with Crippen LogP contribution in [0.15, 0.2) is 16.0 Å². The number of anilines is 1. The zero-order valence-corrected chi connectivity index (χ0v) is 15.0. The summed E-state index contributed by atoms with van der Waals surface area (Å²) in [5.74, 6) is 0.229. The third-order valence-electron chi connectivity index (χ3n) is 4.95. The van der Waals surface area contributed by atoms with Crippen LogP contribution in [0.3, 0.4) is 0 Å². The number of aromatic amines is 2. The normalized spacial score (nSPS) is 19.8. The standard InChI is InChI=1S/C17H19FN8O2/c18-10-3-5-25(6-4-10)15-22-13-9(7-12-14(27)23-17(28)21-12)8-19-26(13)16(24-15)20-11-1-2-11/h7-8,10-11,27H,1-6H2,(H2,21,23,28)/b9-7+,20-16?. The lowest BCUT2D eigenvalue weighted by molar-refractivity contribution is 0.276. The monoisotopic (exact) mass is 386 g/mol. The van der Waals surface area contributed by atoms with Crippen molar-refractivity contribution in [2.45, 2.75) is 37.9 Å². The molecule has 28 heavy (non-hydrogen) atoms. The number of nitrogens with one attached hydrogen (secondary N) is 2. The van der Waals surface area contributed by atoms with E-state index in [1.165, 1.54) is 0 Å². The first-order valence-electron chi connectivity index (χ1n) is 9.28. The molecular weight excluding hydrogens is 367 g/mol. The van der Waals surface area contributed by atoms with Crippen LogP contribution < -0.4 is 21.4 Å². The van der Waals surface area contributed by atoms with E-state index in [4.69, 9.17) is 0 Å². The maximum atomic E-state index is 13.5. The van der Waals surface area contributed by atoms with E-state index < -0.39 is 11.9 Å². The molecule has 0 atom stereocenters. The van der Waals surface area contributed by atoms with Crippen LogP contribution in [0.5, 0.6) is 5.88 Å². The van der Waals surface area contributed by atoms with Gasteiger partial charge in [-0.25, -0.2) is 14.2 Å². The number of imidazole rings is 1. The van der Waals surface area contributed by atoms with Crippen molar-refractivity contribution in [2.24, 2.45) is 4.99 Å². The van der Waals surface area contributed by atoms with Crippen molar-refractivity contribution >= 4 is 17.7 Å². The summed E-state index contributed by atoms with van der Waals surface area (Å²) in [5, 5.41) is 14.8. The van der Waals surface area contributed by atoms with Crippen LogP contribution in [0.1, 0.15) is 31.4 Å². The fraction of sp³-hybridized carbons (Fsp3) is 0.471. The number of aromatic nitrogens is 6. The van der Waals surface area contributed by atoms with Crippen LogP contribution in [-0.2, 0) is 0 Å². The van der Waals surface area contributed by atoms with Crippen LogP contribution in [0, 0.1) is 0 Å². The number of alkyl halides is 1. The molecule has 0 radical (unpaired) electrons. The molecule has 3 aromatic rings. The summed E-state index contributed by atoms with van der Waals surface area (Å²) in [4.78, 5) is 31.9. The number of aromatic hydroxyl groups is 1. The minimum Gasteiger partial charge on any atom is -0.493 e. The van der Waals surface area contributed by atoms with Crippen LogP contribution in [0.25, 0.3) is 11.7 Å². The van der Waals surface area contributed by atoms with Gasteiger partial charge in [0.2, 0.25) is 11.8 Å². The average molecular weight is 386 g/mol. The predicted octanol–water partition coefficient (Wildman–Crippen LogP) is -0.605. The summed E-state index contributed by atoms with van der Waals surface area (Å²) < 4.78 is 15.1. The molecule has 3 aromatic heterocycles. The molecule has 11 heteroatoms. The summed E-state index contributed by atoms with van der Waals surface area (Å²) in [6, 6.07) is 0.240. The fourth-order valence-electron chi connectivity index (χ4n) is 3.26. The molecule has 4 heterocycles. The van der Waals surface area contributed by atoms with Crippen molar-refractivity contribution in [2.75, 3.05) is 18.0 Å². The number of halogens is 1. The minimum absolute atomic E-state index is 0.235. The number of nitrogens with zero attached hydrogens (tertiary/aromatic N) is 6. The van der Waals surface area contributed by atoms with E-state index in [1.54, 1.807) is 16.8 Å². The van der Waals surface area contributed by atoms with Crippen LogP contribution in [0.4, 0.5) is 10.3 Å². The molecule has 0 bridgehead atoms. The van der Waals surface area contributed by atoms with Gasteiger partial charge < -0.3 is 15.0 Å². The average Bonchev–Trinajstić information content (AvgIpc) is 3.31. The van der Waals surface area contributed by atoms with E-state index >= 15 is 0 Å². The van der Waals surface area contributed by atoms with Crippen molar-refractivity contribution in [3.8, 4) is 5.88 Å². The summed E-state index contributed by atoms with van der Waals surface area (Å²) in [7, 11) is 0. The van der Waals surface area contributed by atoms with E-state index in [-0.39, 0.29) is 17.6 Å². The number of piperidine rings is 1. The van der Waals surface area contributed by atoms with E-state index in [9.17, 15) is 14.3 Å². The number of hydrogen-bond donors (Lipinski definition) is 3. The van der Waals surface area contributed by atoms with E-state index in [2.05, 4.69) is 30.0 Å². The molecule has 0 amide bonds. The highest BCUT2D eigenvalue weighted by atomic mass is 19.1. The Labute approximate surface area is 157 Å². The highest BCUT2D eigenvalue weighted by molar-refractivity contribution is 5.57. The Morgan fingerprint density at radius 1 is 1.21 bits per heavy atom. The Kier molecular flexibility index (Phi) is 3.88. The van der Waals surface area contributed by atoms with Gasteiger partial charge in [0.15, 0.2) is 5.65 Å². The molecule has 1 saturated heterocycles. The van der Waals surface area contributed by atoms with Gasteiger partial charge in [0, 0.05) is 18.3 Å². The smallest absolute Gasteiger partial charge is 0.326 e. The van der Waals surface area contributed by atoms with Crippen molar-refractivity contribution in [1.82, 2.24) is 29.5 Å². The first kappa shape index (κ1) is 16.9. The van der Waals surface area contributed by atoms with Gasteiger partial charge in [0.1, 0.15) is 11.9 Å². The fourth-order valence-corrected chi connectivity index (χ4v) is 3.26. The number of H-pyrrole nitrogens is 2. The lowest BCUT2D eigenvalue weighted by Crippen LogP contribution is -2.37. The molecular formula is C17H19FN8O2. The van der Waals surface area contributed by atoms with E-state index in [0.717, 1.165) is 12.8 Å². The summed E-state index contributed by atoms with van der Waals surface area (Å²) in [5.41, 5.74) is 0.692. The molecule has 1 aliphatic carbocycles. The molecule has 146 valence electrons. The molecule has 3 N–H and O–H groups in total. The topological polar surface area (TPSA) is 128 Å². The molecule has 1 aliphatic heterocycles. The first-order chi connectivity index (χ1) is 13.6. The molecule has 5 rings (SSSR count). The molecule has 0 spiro atoms. The van der Waals surface area contributed by atoms with Crippen LogP contribution >= 0.6 is 0 Å². The zero-order valence-electron chi connectivity index (χ0n) is 15.0. The molecule has 2 aliphatic rings. The molecule has 10 nitrogen and oxygen atoms in total. The van der Waals surface area contributed by atoms with Gasteiger partial charge in [-0.15, -0.1) is 0 Å². The van der Waals surface area contributed by atoms with Crippen molar-refractivity contribution in [3.05, 3.63) is 33.2 Å². The third kappa shape index (κ3) is 3.12. The summed E-state index contributed by atoms with van der Waals surface area (Å²) in [6.07, 6.45) is 5.31. The third-order valence-corrected chi connectivity index (χ3v) is 4.95. The zero-order chi connectivity index (χ0) is 19.3. The Bertz CT molecular complexity index is 1200. The van der Waals surface area contributed by atoms with Gasteiger partial charge >= 0.3 is 5.69 Å². The molecule has 2 fully saturated rings. The largest absolute Gasteiger partial charge is 0.493 e. The van der Waals surface area contributed by atoms with Crippen LogP contribution in [0.2, 0.25) is 0 Å². The van der Waals surface area contributed by atoms with E-state index in [0.29, 0.717) is 48.4 Å². The quantitative estimate of drug-likeness (QED) is 0.551. The Morgan fingerprint density at radius 3 is 2.68 bits per heavy atom. The number of rotatable bonds is 3. The van der Waals surface area contributed by atoms with Crippen LogP contribution in [-0.4, -0.2) is 60.0 Å². The Hall–Kier alpha value is -3.24. The lowest BCUT2D eigenvalue weighted by atomic mass is 10.1. The predicted molar refractivity (Wildman–Crippen MR) is 97.6 cm³/mol. The maximum absolute atomic E-state index is 13.5. The Morgan fingerprint density at radius 2 is 2.00 bits per heavy atom. The summed E-state index contributed by atoms with van der Waals surface area (Å²) >= 11 is 0. The summed E-state index contributed by atoms with van der Waals surface area (Å²) in [6.45, 7) is 1.08. The molecule has 1 saturated carbocycles. The first-order valence-corrected chi connectivity index (χ1v) is 9.28. The lowest BCUT2D eigenvalue weighted by Gasteiger charge is -2.28. The van der Waals surface area contributed by atoms with Gasteiger partial charge in [-0.1, -0.05) is 0 Å². The maximum Gasteiger partial charge on any atom is 0.326 e. The second kappa shape index (κ2) is 6.43.